The van der Waals surface area contributed by atoms with Crippen LogP contribution in [0.15, 0.2) is 42.5 Å². The lowest BCUT2D eigenvalue weighted by Gasteiger charge is -2.22. The Bertz CT molecular complexity index is 1030. The number of ether oxygens (including phenoxy) is 1. The lowest BCUT2D eigenvalue weighted by molar-refractivity contribution is 0.0790. The number of likely N-dealkylation sites (tertiary alicyclic amines) is 1. The maximum Gasteiger partial charge on any atom is 0.253 e. The molecular weight excluding hydrogens is 388 g/mol. The third-order valence-corrected chi connectivity index (χ3v) is 7.17. The van der Waals surface area contributed by atoms with E-state index in [1.165, 1.54) is 16.1 Å². The van der Waals surface area contributed by atoms with E-state index in [1.54, 1.807) is 19.2 Å². The molecule has 6 nitrogen and oxygen atoms in total. The van der Waals surface area contributed by atoms with Crippen molar-refractivity contribution in [3.05, 3.63) is 59.2 Å². The van der Waals surface area contributed by atoms with Crippen molar-refractivity contribution in [3.63, 3.8) is 0 Å². The van der Waals surface area contributed by atoms with E-state index in [4.69, 9.17) is 4.74 Å². The van der Waals surface area contributed by atoms with E-state index in [0.29, 0.717) is 30.1 Å². The van der Waals surface area contributed by atoms with Crippen molar-refractivity contribution < 1.29 is 17.9 Å². The maximum absolute atomic E-state index is 13.1. The number of fused-ring (bicyclic) bond motifs is 1. The Hall–Kier alpha value is -2.54. The van der Waals surface area contributed by atoms with Gasteiger partial charge in [-0.1, -0.05) is 12.1 Å². The largest absolute Gasteiger partial charge is 0.497 e. The van der Waals surface area contributed by atoms with Crippen LogP contribution >= 0.6 is 0 Å². The fourth-order valence-corrected chi connectivity index (χ4v) is 5.78. The van der Waals surface area contributed by atoms with Crippen LogP contribution in [0, 0.1) is 0 Å². The van der Waals surface area contributed by atoms with Crippen LogP contribution in [0.2, 0.25) is 0 Å². The van der Waals surface area contributed by atoms with Gasteiger partial charge in [0.15, 0.2) is 0 Å². The summed E-state index contributed by atoms with van der Waals surface area (Å²) in [6.07, 6.45) is 2.78. The van der Waals surface area contributed by atoms with Crippen LogP contribution in [0.5, 0.6) is 5.75 Å². The summed E-state index contributed by atoms with van der Waals surface area (Å²) < 4.78 is 30.8. The van der Waals surface area contributed by atoms with E-state index in [2.05, 4.69) is 12.1 Å². The standard InChI is InChI=1S/C22H26N2O4S/c1-15-12-19-13-17(6-9-21(19)24(15)29(3,26)27)22(25)23-11-10-18(14-23)16-4-7-20(28-2)8-5-16/h4-9,13,15,18H,10-12,14H2,1-3H3. The number of sulfonamides is 1. The van der Waals surface area contributed by atoms with Gasteiger partial charge >= 0.3 is 0 Å². The zero-order valence-corrected chi connectivity index (χ0v) is 17.8. The Morgan fingerprint density at radius 2 is 1.86 bits per heavy atom. The molecule has 2 aliphatic heterocycles. The number of nitrogens with zero attached hydrogens (tertiary/aromatic N) is 2. The summed E-state index contributed by atoms with van der Waals surface area (Å²) in [7, 11) is -1.68. The first-order chi connectivity index (χ1) is 13.8. The number of carbonyl (C=O) groups is 1. The summed E-state index contributed by atoms with van der Waals surface area (Å²) in [4.78, 5) is 15.0. The molecule has 0 aliphatic carbocycles. The molecule has 0 bridgehead atoms. The van der Waals surface area contributed by atoms with E-state index in [-0.39, 0.29) is 11.9 Å². The fraction of sp³-hybridized carbons (Fsp3) is 0.409. The first-order valence-corrected chi connectivity index (χ1v) is 11.7. The summed E-state index contributed by atoms with van der Waals surface area (Å²) in [5, 5.41) is 0. The van der Waals surface area contributed by atoms with Crippen LogP contribution in [0.1, 0.15) is 40.7 Å². The molecule has 2 aliphatic rings. The van der Waals surface area contributed by atoms with Gasteiger partial charge in [0.2, 0.25) is 10.0 Å². The smallest absolute Gasteiger partial charge is 0.253 e. The molecule has 1 fully saturated rings. The molecule has 2 aromatic carbocycles. The monoisotopic (exact) mass is 414 g/mol. The minimum absolute atomic E-state index is 0.00858. The summed E-state index contributed by atoms with van der Waals surface area (Å²) in [5.74, 6) is 1.16. The molecule has 0 saturated carbocycles. The highest BCUT2D eigenvalue weighted by atomic mass is 32.2. The predicted octanol–water partition coefficient (Wildman–Crippen LogP) is 3.04. The Labute approximate surface area is 172 Å². The van der Waals surface area contributed by atoms with Crippen molar-refractivity contribution in [2.45, 2.75) is 31.7 Å². The lowest BCUT2D eigenvalue weighted by Crippen LogP contribution is -2.34. The highest BCUT2D eigenvalue weighted by Gasteiger charge is 2.34. The molecule has 2 atom stereocenters. The van der Waals surface area contributed by atoms with Gasteiger partial charge in [0.25, 0.3) is 5.91 Å². The highest BCUT2D eigenvalue weighted by Crippen LogP contribution is 2.35. The average Bonchev–Trinajstić information content (AvgIpc) is 3.30. The molecule has 4 rings (SSSR count). The average molecular weight is 415 g/mol. The Kier molecular flexibility index (Phi) is 5.02. The van der Waals surface area contributed by atoms with Gasteiger partial charge in [0.1, 0.15) is 5.75 Å². The van der Waals surface area contributed by atoms with Crippen LogP contribution in [0.25, 0.3) is 0 Å². The normalized spacial score (nSPS) is 21.3. The molecule has 1 amide bonds. The number of methoxy groups -OCH3 is 1. The van der Waals surface area contributed by atoms with Crippen LogP contribution in [0.3, 0.4) is 0 Å². The van der Waals surface area contributed by atoms with Gasteiger partial charge in [-0.25, -0.2) is 8.42 Å². The van der Waals surface area contributed by atoms with Gasteiger partial charge < -0.3 is 9.64 Å². The van der Waals surface area contributed by atoms with Gasteiger partial charge in [-0.05, 0) is 61.2 Å². The molecule has 7 heteroatoms. The summed E-state index contributed by atoms with van der Waals surface area (Å²) in [6, 6.07) is 13.3. The predicted molar refractivity (Wildman–Crippen MR) is 113 cm³/mol. The third kappa shape index (κ3) is 3.71. The zero-order valence-electron chi connectivity index (χ0n) is 17.0. The summed E-state index contributed by atoms with van der Waals surface area (Å²) >= 11 is 0. The molecule has 29 heavy (non-hydrogen) atoms. The lowest BCUT2D eigenvalue weighted by atomic mass is 9.98. The van der Waals surface area contributed by atoms with Gasteiger partial charge in [-0.2, -0.15) is 0 Å². The van der Waals surface area contributed by atoms with Crippen LogP contribution < -0.4 is 9.04 Å². The quantitative estimate of drug-likeness (QED) is 0.771. The topological polar surface area (TPSA) is 66.9 Å². The molecule has 0 N–H and O–H groups in total. The number of hydrogen-bond acceptors (Lipinski definition) is 4. The molecule has 2 aromatic rings. The number of carbonyl (C=O) groups excluding carboxylic acids is 1. The number of benzene rings is 2. The first-order valence-electron chi connectivity index (χ1n) is 9.83. The molecule has 1 saturated heterocycles. The first kappa shape index (κ1) is 19.8. The van der Waals surface area contributed by atoms with E-state index in [1.807, 2.05) is 30.0 Å². The molecule has 0 aromatic heterocycles. The van der Waals surface area contributed by atoms with Crippen molar-refractivity contribution in [2.24, 2.45) is 0 Å². The number of rotatable bonds is 4. The van der Waals surface area contributed by atoms with Crippen molar-refractivity contribution in [1.29, 1.82) is 0 Å². The van der Waals surface area contributed by atoms with Gasteiger partial charge in [-0.3, -0.25) is 9.10 Å². The van der Waals surface area contributed by atoms with Crippen molar-refractivity contribution in [3.8, 4) is 5.75 Å². The molecular formula is C22H26N2O4S. The van der Waals surface area contributed by atoms with Crippen LogP contribution in [-0.2, 0) is 16.4 Å². The Morgan fingerprint density at radius 1 is 1.14 bits per heavy atom. The number of hydrogen-bond donors (Lipinski definition) is 0. The second-order valence-electron chi connectivity index (χ2n) is 7.97. The van der Waals surface area contributed by atoms with Crippen molar-refractivity contribution in [1.82, 2.24) is 4.90 Å². The van der Waals surface area contributed by atoms with E-state index in [0.717, 1.165) is 24.3 Å². The zero-order chi connectivity index (χ0) is 20.8. The second kappa shape index (κ2) is 7.37. The SMILES string of the molecule is COc1ccc(C2CCN(C(=O)c3ccc4c(c3)CC(C)N4S(C)(=O)=O)C2)cc1. The van der Waals surface area contributed by atoms with E-state index >= 15 is 0 Å². The number of amides is 1. The van der Waals surface area contributed by atoms with Crippen molar-refractivity contribution in [2.75, 3.05) is 30.8 Å². The molecule has 2 unspecified atom stereocenters. The second-order valence-corrected chi connectivity index (χ2v) is 9.82. The Morgan fingerprint density at radius 3 is 2.52 bits per heavy atom. The third-order valence-electron chi connectivity index (χ3n) is 5.90. The maximum atomic E-state index is 13.1. The summed E-state index contributed by atoms with van der Waals surface area (Å²) in [6.45, 7) is 3.30. The van der Waals surface area contributed by atoms with Gasteiger partial charge in [0.05, 0.1) is 19.1 Å². The van der Waals surface area contributed by atoms with Crippen LogP contribution in [0.4, 0.5) is 5.69 Å². The minimum atomic E-state index is -3.33. The van der Waals surface area contributed by atoms with E-state index < -0.39 is 10.0 Å². The summed E-state index contributed by atoms with van der Waals surface area (Å²) in [5.41, 5.74) is 3.45. The minimum Gasteiger partial charge on any atom is -0.497 e. The molecule has 154 valence electrons. The highest BCUT2D eigenvalue weighted by molar-refractivity contribution is 7.92. The molecule has 2 heterocycles. The number of anilines is 1. The van der Waals surface area contributed by atoms with Crippen LogP contribution in [-0.4, -0.2) is 51.7 Å². The van der Waals surface area contributed by atoms with Gasteiger partial charge in [0, 0.05) is 30.6 Å². The molecule has 0 radical (unpaired) electrons. The fourth-order valence-electron chi connectivity index (χ4n) is 4.52. The Balaban J connectivity index is 1.50. The van der Waals surface area contributed by atoms with Gasteiger partial charge in [-0.15, -0.1) is 0 Å². The van der Waals surface area contributed by atoms with Crippen molar-refractivity contribution >= 4 is 21.6 Å². The molecule has 0 spiro atoms. The van der Waals surface area contributed by atoms with E-state index in [9.17, 15) is 13.2 Å².